The molecule has 2 rings (SSSR count). The van der Waals surface area contributed by atoms with Crippen molar-refractivity contribution in [3.05, 3.63) is 59.2 Å². The number of benzene rings is 2. The standard InChI is InChI=1S/C15H13F2N3/c16-12-5-10(6-13(17)8-12)3-4-20-15-2-1-14(19)7-11(15)9-18/h1-2,5-8,20H,3-4,19H2. The van der Waals surface area contributed by atoms with Crippen LogP contribution < -0.4 is 11.1 Å². The lowest BCUT2D eigenvalue weighted by Gasteiger charge is -2.09. The zero-order valence-corrected chi connectivity index (χ0v) is 10.7. The maximum Gasteiger partial charge on any atom is 0.126 e. The molecule has 0 unspecified atom stereocenters. The van der Waals surface area contributed by atoms with Crippen LogP contribution in [-0.2, 0) is 6.42 Å². The van der Waals surface area contributed by atoms with Crippen molar-refractivity contribution in [2.24, 2.45) is 0 Å². The third-order valence-electron chi connectivity index (χ3n) is 2.82. The van der Waals surface area contributed by atoms with E-state index in [0.717, 1.165) is 6.07 Å². The smallest absolute Gasteiger partial charge is 0.126 e. The molecule has 0 aliphatic rings. The van der Waals surface area contributed by atoms with Crippen molar-refractivity contribution < 1.29 is 8.78 Å². The molecule has 2 aromatic rings. The second-order valence-electron chi connectivity index (χ2n) is 4.37. The molecular weight excluding hydrogens is 260 g/mol. The van der Waals surface area contributed by atoms with E-state index < -0.39 is 11.6 Å². The Labute approximate surface area is 115 Å². The summed E-state index contributed by atoms with van der Waals surface area (Å²) in [6.45, 7) is 0.460. The van der Waals surface area contributed by atoms with Gasteiger partial charge in [0.05, 0.1) is 11.3 Å². The van der Waals surface area contributed by atoms with Gasteiger partial charge in [-0.05, 0) is 42.3 Å². The van der Waals surface area contributed by atoms with Crippen LogP contribution in [0.3, 0.4) is 0 Å². The number of nitrogen functional groups attached to an aromatic ring is 1. The van der Waals surface area contributed by atoms with Crippen molar-refractivity contribution in [3.8, 4) is 6.07 Å². The number of hydrogen-bond acceptors (Lipinski definition) is 3. The molecule has 0 heterocycles. The summed E-state index contributed by atoms with van der Waals surface area (Å²) >= 11 is 0. The molecule has 0 fully saturated rings. The van der Waals surface area contributed by atoms with Gasteiger partial charge in [0.25, 0.3) is 0 Å². The summed E-state index contributed by atoms with van der Waals surface area (Å²) in [5.74, 6) is -1.18. The number of nitriles is 1. The van der Waals surface area contributed by atoms with Gasteiger partial charge in [-0.25, -0.2) is 8.78 Å². The number of hydrogen-bond donors (Lipinski definition) is 2. The van der Waals surface area contributed by atoms with Crippen LogP contribution in [0.2, 0.25) is 0 Å². The fourth-order valence-electron chi connectivity index (χ4n) is 1.91. The number of nitrogens with two attached hydrogens (primary N) is 1. The summed E-state index contributed by atoms with van der Waals surface area (Å²) in [7, 11) is 0. The van der Waals surface area contributed by atoms with E-state index in [-0.39, 0.29) is 0 Å². The number of halogens is 2. The summed E-state index contributed by atoms with van der Waals surface area (Å²) in [5.41, 5.74) is 7.76. The van der Waals surface area contributed by atoms with Gasteiger partial charge in [0.15, 0.2) is 0 Å². The molecular formula is C15H13F2N3. The van der Waals surface area contributed by atoms with Crippen molar-refractivity contribution in [1.82, 2.24) is 0 Å². The Hall–Kier alpha value is -2.61. The Morgan fingerprint density at radius 1 is 1.10 bits per heavy atom. The predicted octanol–water partition coefficient (Wildman–Crippen LogP) is 3.07. The van der Waals surface area contributed by atoms with Crippen molar-refractivity contribution in [2.75, 3.05) is 17.6 Å². The maximum absolute atomic E-state index is 13.0. The minimum atomic E-state index is -0.592. The first-order valence-corrected chi connectivity index (χ1v) is 6.07. The van der Waals surface area contributed by atoms with Gasteiger partial charge in [0, 0.05) is 18.3 Å². The summed E-state index contributed by atoms with van der Waals surface area (Å²) in [5, 5.41) is 12.0. The molecule has 3 nitrogen and oxygen atoms in total. The van der Waals surface area contributed by atoms with E-state index in [1.807, 2.05) is 6.07 Å². The lowest BCUT2D eigenvalue weighted by molar-refractivity contribution is 0.580. The van der Waals surface area contributed by atoms with E-state index >= 15 is 0 Å². The van der Waals surface area contributed by atoms with Gasteiger partial charge in [-0.2, -0.15) is 5.26 Å². The first-order valence-electron chi connectivity index (χ1n) is 6.07. The van der Waals surface area contributed by atoms with Crippen LogP contribution in [0.5, 0.6) is 0 Å². The quantitative estimate of drug-likeness (QED) is 0.841. The highest BCUT2D eigenvalue weighted by molar-refractivity contribution is 5.62. The topological polar surface area (TPSA) is 61.8 Å². The molecule has 20 heavy (non-hydrogen) atoms. The Balaban J connectivity index is 2.01. The summed E-state index contributed by atoms with van der Waals surface area (Å²) < 4.78 is 26.0. The van der Waals surface area contributed by atoms with Crippen molar-refractivity contribution in [1.29, 1.82) is 5.26 Å². The van der Waals surface area contributed by atoms with Crippen LogP contribution in [0.4, 0.5) is 20.2 Å². The Kier molecular flexibility index (Phi) is 4.16. The lowest BCUT2D eigenvalue weighted by atomic mass is 10.1. The van der Waals surface area contributed by atoms with Crippen LogP contribution in [0.25, 0.3) is 0 Å². The zero-order valence-electron chi connectivity index (χ0n) is 10.7. The van der Waals surface area contributed by atoms with Gasteiger partial charge in [0.2, 0.25) is 0 Å². The molecule has 0 spiro atoms. The number of rotatable bonds is 4. The minimum absolute atomic E-state index is 0.440. The summed E-state index contributed by atoms with van der Waals surface area (Å²) in [6, 6.07) is 10.4. The van der Waals surface area contributed by atoms with Gasteiger partial charge in [-0.1, -0.05) is 0 Å². The average Bonchev–Trinajstić information content (AvgIpc) is 2.39. The van der Waals surface area contributed by atoms with Crippen molar-refractivity contribution in [3.63, 3.8) is 0 Å². The highest BCUT2D eigenvalue weighted by Gasteiger charge is 2.03. The first kappa shape index (κ1) is 13.8. The molecule has 0 aliphatic carbocycles. The fourth-order valence-corrected chi connectivity index (χ4v) is 1.91. The molecule has 5 heteroatoms. The highest BCUT2D eigenvalue weighted by atomic mass is 19.1. The molecule has 3 N–H and O–H groups in total. The summed E-state index contributed by atoms with van der Waals surface area (Å²) in [6.07, 6.45) is 0.448. The van der Waals surface area contributed by atoms with E-state index in [4.69, 9.17) is 11.0 Å². The van der Waals surface area contributed by atoms with Gasteiger partial charge in [-0.3, -0.25) is 0 Å². The first-order chi connectivity index (χ1) is 9.58. The number of nitrogens with zero attached hydrogens (tertiary/aromatic N) is 1. The van der Waals surface area contributed by atoms with E-state index in [0.29, 0.717) is 35.5 Å². The lowest BCUT2D eigenvalue weighted by Crippen LogP contribution is -2.07. The normalized spacial score (nSPS) is 10.1. The predicted molar refractivity (Wildman–Crippen MR) is 74.1 cm³/mol. The number of anilines is 2. The molecule has 0 radical (unpaired) electrons. The van der Waals surface area contributed by atoms with E-state index in [1.54, 1.807) is 18.2 Å². The summed E-state index contributed by atoms with van der Waals surface area (Å²) in [4.78, 5) is 0. The van der Waals surface area contributed by atoms with Crippen LogP contribution in [0.15, 0.2) is 36.4 Å². The maximum atomic E-state index is 13.0. The van der Waals surface area contributed by atoms with Gasteiger partial charge in [0.1, 0.15) is 17.7 Å². The Morgan fingerprint density at radius 2 is 1.80 bits per heavy atom. The largest absolute Gasteiger partial charge is 0.399 e. The molecule has 2 aromatic carbocycles. The average molecular weight is 273 g/mol. The van der Waals surface area contributed by atoms with Crippen LogP contribution >= 0.6 is 0 Å². The monoisotopic (exact) mass is 273 g/mol. The Morgan fingerprint density at radius 3 is 2.45 bits per heavy atom. The van der Waals surface area contributed by atoms with Crippen molar-refractivity contribution >= 4 is 11.4 Å². The Bertz CT molecular complexity index is 642. The van der Waals surface area contributed by atoms with Gasteiger partial charge in [-0.15, -0.1) is 0 Å². The SMILES string of the molecule is N#Cc1cc(N)ccc1NCCc1cc(F)cc(F)c1. The van der Waals surface area contributed by atoms with Crippen LogP contribution in [0, 0.1) is 23.0 Å². The number of nitrogens with one attached hydrogen (secondary N) is 1. The molecule has 0 bridgehead atoms. The molecule has 0 saturated carbocycles. The van der Waals surface area contributed by atoms with Gasteiger partial charge >= 0.3 is 0 Å². The minimum Gasteiger partial charge on any atom is -0.399 e. The van der Waals surface area contributed by atoms with E-state index in [9.17, 15) is 8.78 Å². The van der Waals surface area contributed by atoms with E-state index in [2.05, 4.69) is 5.32 Å². The van der Waals surface area contributed by atoms with Gasteiger partial charge < -0.3 is 11.1 Å². The second kappa shape index (κ2) is 6.02. The second-order valence-corrected chi connectivity index (χ2v) is 4.37. The molecule has 0 amide bonds. The molecule has 0 saturated heterocycles. The zero-order chi connectivity index (χ0) is 14.5. The third-order valence-corrected chi connectivity index (χ3v) is 2.82. The molecule has 102 valence electrons. The third kappa shape index (κ3) is 3.45. The molecule has 0 aromatic heterocycles. The van der Waals surface area contributed by atoms with Crippen LogP contribution in [0.1, 0.15) is 11.1 Å². The highest BCUT2D eigenvalue weighted by Crippen LogP contribution is 2.18. The molecule has 0 atom stereocenters. The van der Waals surface area contributed by atoms with Crippen LogP contribution in [-0.4, -0.2) is 6.54 Å². The van der Waals surface area contributed by atoms with E-state index in [1.165, 1.54) is 12.1 Å². The fraction of sp³-hybridized carbons (Fsp3) is 0.133. The molecule has 0 aliphatic heterocycles. The van der Waals surface area contributed by atoms with Crippen molar-refractivity contribution in [2.45, 2.75) is 6.42 Å².